The second kappa shape index (κ2) is 10.5. The maximum atomic E-state index is 11.7. The summed E-state index contributed by atoms with van der Waals surface area (Å²) in [6, 6.07) is 16.0. The van der Waals surface area contributed by atoms with Crippen LogP contribution in [0.15, 0.2) is 48.5 Å². The Balaban J connectivity index is 1.67. The lowest BCUT2D eigenvalue weighted by Gasteiger charge is -2.45. The van der Waals surface area contributed by atoms with Crippen LogP contribution in [0.25, 0.3) is 11.0 Å². The molecule has 33 heavy (non-hydrogen) atoms. The van der Waals surface area contributed by atoms with Gasteiger partial charge in [-0.2, -0.15) is 0 Å². The normalized spacial score (nSPS) is 18.8. The summed E-state index contributed by atoms with van der Waals surface area (Å²) >= 11 is 0. The summed E-state index contributed by atoms with van der Waals surface area (Å²) in [6.07, 6.45) is 4.10. The van der Waals surface area contributed by atoms with E-state index in [4.69, 9.17) is 20.2 Å². The van der Waals surface area contributed by atoms with E-state index in [0.29, 0.717) is 6.61 Å². The molecule has 1 aromatic heterocycles. The fraction of sp³-hybridized carbons (Fsp3) is 0.462. The van der Waals surface area contributed by atoms with Crippen LogP contribution in [-0.2, 0) is 21.7 Å². The molecule has 0 radical (unpaired) electrons. The zero-order chi connectivity index (χ0) is 23.3. The second-order valence-electron chi connectivity index (χ2n) is 8.77. The highest BCUT2D eigenvalue weighted by molar-refractivity contribution is 5.76. The van der Waals surface area contributed by atoms with Gasteiger partial charge in [0.05, 0.1) is 18.1 Å². The Morgan fingerprint density at radius 1 is 1.21 bits per heavy atom. The first-order valence-electron chi connectivity index (χ1n) is 11.7. The largest absolute Gasteiger partial charge is 0.497 e. The third kappa shape index (κ3) is 4.81. The van der Waals surface area contributed by atoms with Crippen molar-refractivity contribution in [1.82, 2.24) is 14.5 Å². The van der Waals surface area contributed by atoms with E-state index >= 15 is 0 Å². The van der Waals surface area contributed by atoms with E-state index in [1.165, 1.54) is 0 Å². The van der Waals surface area contributed by atoms with Gasteiger partial charge >= 0.3 is 0 Å². The number of benzene rings is 2. The Morgan fingerprint density at radius 2 is 2.06 bits per heavy atom. The average Bonchev–Trinajstić information content (AvgIpc) is 3.23. The summed E-state index contributed by atoms with van der Waals surface area (Å²) in [6.45, 7) is 3.15. The molecule has 1 unspecified atom stereocenters. The smallest absolute Gasteiger partial charge is 0.123 e. The van der Waals surface area contributed by atoms with Crippen molar-refractivity contribution < 1.29 is 14.3 Å². The van der Waals surface area contributed by atoms with Gasteiger partial charge in [-0.05, 0) is 49.1 Å². The van der Waals surface area contributed by atoms with Gasteiger partial charge < -0.3 is 24.6 Å². The minimum absolute atomic E-state index is 0.219. The first-order valence-corrected chi connectivity index (χ1v) is 11.7. The molecule has 0 saturated carbocycles. The lowest BCUT2D eigenvalue weighted by Crippen LogP contribution is -2.56. The highest BCUT2D eigenvalue weighted by atomic mass is 16.5. The van der Waals surface area contributed by atoms with Crippen LogP contribution < -0.4 is 10.5 Å². The number of aldehydes is 1. The number of aromatic nitrogens is 2. The highest BCUT2D eigenvalue weighted by Crippen LogP contribution is 2.36. The van der Waals surface area contributed by atoms with Gasteiger partial charge in [0.15, 0.2) is 0 Å². The van der Waals surface area contributed by atoms with Crippen molar-refractivity contribution in [1.29, 1.82) is 0 Å². The van der Waals surface area contributed by atoms with Gasteiger partial charge in [-0.3, -0.25) is 4.90 Å². The van der Waals surface area contributed by atoms with Gasteiger partial charge in [0.2, 0.25) is 0 Å². The molecular weight excluding hydrogens is 416 g/mol. The molecule has 1 aliphatic heterocycles. The molecule has 2 aromatic carbocycles. The molecule has 0 spiro atoms. The lowest BCUT2D eigenvalue weighted by molar-refractivity contribution is -0.111. The van der Waals surface area contributed by atoms with E-state index in [9.17, 15) is 4.79 Å². The molecule has 3 aromatic rings. The van der Waals surface area contributed by atoms with Crippen molar-refractivity contribution in [2.45, 2.75) is 43.8 Å². The van der Waals surface area contributed by atoms with Crippen LogP contribution in [0, 0.1) is 0 Å². The second-order valence-corrected chi connectivity index (χ2v) is 8.77. The van der Waals surface area contributed by atoms with Crippen molar-refractivity contribution in [2.24, 2.45) is 5.73 Å². The van der Waals surface area contributed by atoms with E-state index in [1.54, 1.807) is 14.2 Å². The standard InChI is InChI=1S/C26H34N4O3/c1-32-17-7-15-30-24-12-4-3-11-23(24)28-25(30)20-8-6-14-29(19-20)26(27,13-16-31)21-9-5-10-22(18-21)33-2/h3-5,9-12,16,18,20H,6-8,13-15,17,19,27H2,1-2H3/t20?,26-/m0/s1. The van der Waals surface area contributed by atoms with Crippen LogP contribution in [0.5, 0.6) is 5.75 Å². The minimum Gasteiger partial charge on any atom is -0.497 e. The van der Waals surface area contributed by atoms with Crippen LogP contribution in [0.2, 0.25) is 0 Å². The van der Waals surface area contributed by atoms with Crippen molar-refractivity contribution in [2.75, 3.05) is 33.9 Å². The third-order valence-electron chi connectivity index (χ3n) is 6.73. The van der Waals surface area contributed by atoms with Gasteiger partial charge in [0.1, 0.15) is 23.5 Å². The van der Waals surface area contributed by atoms with Gasteiger partial charge in [-0.1, -0.05) is 24.3 Å². The molecule has 2 N–H and O–H groups in total. The third-order valence-corrected chi connectivity index (χ3v) is 6.73. The number of piperidine rings is 1. The van der Waals surface area contributed by atoms with E-state index in [2.05, 4.69) is 27.7 Å². The molecular formula is C26H34N4O3. The first kappa shape index (κ1) is 23.4. The van der Waals surface area contributed by atoms with Crippen molar-refractivity contribution in [3.63, 3.8) is 0 Å². The average molecular weight is 451 g/mol. The van der Waals surface area contributed by atoms with Crippen LogP contribution in [0.3, 0.4) is 0 Å². The number of imidazole rings is 1. The molecule has 0 bridgehead atoms. The summed E-state index contributed by atoms with van der Waals surface area (Å²) < 4.78 is 13.0. The minimum atomic E-state index is -0.887. The van der Waals surface area contributed by atoms with E-state index in [1.807, 2.05) is 30.3 Å². The number of rotatable bonds is 10. The zero-order valence-electron chi connectivity index (χ0n) is 19.6. The molecule has 0 aliphatic carbocycles. The zero-order valence-corrected chi connectivity index (χ0v) is 19.6. The number of nitrogens with zero attached hydrogens (tertiary/aromatic N) is 3. The first-order chi connectivity index (χ1) is 16.1. The highest BCUT2D eigenvalue weighted by Gasteiger charge is 2.39. The number of fused-ring (bicyclic) bond motifs is 1. The van der Waals surface area contributed by atoms with Gasteiger partial charge in [0.25, 0.3) is 0 Å². The summed E-state index contributed by atoms with van der Waals surface area (Å²) in [5, 5.41) is 0. The molecule has 4 rings (SSSR count). The van der Waals surface area contributed by atoms with Crippen LogP contribution in [0.4, 0.5) is 0 Å². The van der Waals surface area contributed by atoms with E-state index in [0.717, 1.165) is 73.4 Å². The fourth-order valence-electron chi connectivity index (χ4n) is 5.01. The predicted molar refractivity (Wildman–Crippen MR) is 129 cm³/mol. The van der Waals surface area contributed by atoms with Crippen LogP contribution in [0.1, 0.15) is 43.0 Å². The molecule has 2 heterocycles. The van der Waals surface area contributed by atoms with Gasteiger partial charge in [-0.15, -0.1) is 0 Å². The lowest BCUT2D eigenvalue weighted by atomic mass is 9.89. The monoisotopic (exact) mass is 450 g/mol. The van der Waals surface area contributed by atoms with Gasteiger partial charge in [-0.25, -0.2) is 4.98 Å². The summed E-state index contributed by atoms with van der Waals surface area (Å²) in [5.41, 5.74) is 9.15. The number of hydrogen-bond acceptors (Lipinski definition) is 6. The maximum Gasteiger partial charge on any atom is 0.123 e. The number of hydrogen-bond donors (Lipinski definition) is 1. The Morgan fingerprint density at radius 3 is 2.85 bits per heavy atom. The molecule has 176 valence electrons. The molecule has 1 fully saturated rings. The predicted octanol–water partition coefficient (Wildman–Crippen LogP) is 3.66. The maximum absolute atomic E-state index is 11.7. The number of likely N-dealkylation sites (tertiary alicyclic amines) is 1. The van der Waals surface area contributed by atoms with E-state index < -0.39 is 5.66 Å². The fourth-order valence-corrected chi connectivity index (χ4v) is 5.01. The van der Waals surface area contributed by atoms with Crippen molar-refractivity contribution >= 4 is 17.3 Å². The topological polar surface area (TPSA) is 82.6 Å². The Kier molecular flexibility index (Phi) is 7.42. The molecule has 7 heteroatoms. The Hall–Kier alpha value is -2.74. The molecule has 0 amide bonds. The van der Waals surface area contributed by atoms with Crippen LogP contribution in [-0.4, -0.2) is 54.7 Å². The number of ether oxygens (including phenoxy) is 2. The summed E-state index contributed by atoms with van der Waals surface area (Å²) in [4.78, 5) is 19.0. The number of para-hydroxylation sites is 2. The number of carbonyl (C=O) groups excluding carboxylic acids is 1. The molecule has 2 atom stereocenters. The molecule has 1 aliphatic rings. The Bertz CT molecular complexity index is 1080. The Labute approximate surface area is 195 Å². The van der Waals surface area contributed by atoms with E-state index in [-0.39, 0.29) is 12.3 Å². The number of carbonyl (C=O) groups is 1. The number of methoxy groups -OCH3 is 2. The quantitative estimate of drug-likeness (QED) is 0.375. The SMILES string of the molecule is COCCCn1c(C2CCCN([C@@](N)(CC=O)c3cccc(OC)c3)C2)nc2ccccc21. The number of nitrogens with two attached hydrogens (primary N) is 1. The van der Waals surface area contributed by atoms with Crippen LogP contribution >= 0.6 is 0 Å². The number of aryl methyl sites for hydroxylation is 1. The summed E-state index contributed by atoms with van der Waals surface area (Å²) in [7, 11) is 3.38. The summed E-state index contributed by atoms with van der Waals surface area (Å²) in [5.74, 6) is 2.06. The van der Waals surface area contributed by atoms with Crippen molar-refractivity contribution in [3.05, 3.63) is 59.9 Å². The van der Waals surface area contributed by atoms with Gasteiger partial charge in [0, 0.05) is 45.7 Å². The van der Waals surface area contributed by atoms with Crippen molar-refractivity contribution in [3.8, 4) is 5.75 Å². The molecule has 7 nitrogen and oxygen atoms in total. The molecule has 1 saturated heterocycles.